The molecule has 2 N–H and O–H groups in total. The van der Waals surface area contributed by atoms with Crippen molar-refractivity contribution in [2.24, 2.45) is 0 Å². The molecular formula is C22H16Cl2N7. The van der Waals surface area contributed by atoms with E-state index >= 15 is 0 Å². The smallest absolute Gasteiger partial charge is 0.137 e. The molecule has 1 radical (unpaired) electrons. The Kier molecular flexibility index (Phi) is 6.12. The van der Waals surface area contributed by atoms with E-state index in [4.69, 9.17) is 33.4 Å². The average molecular weight is 449 g/mol. The number of imidazole rings is 1. The summed E-state index contributed by atoms with van der Waals surface area (Å²) in [6.07, 6.45) is 6.58. The zero-order chi connectivity index (χ0) is 21.8. The minimum Gasteiger partial charge on any atom is -0.369 e. The lowest BCUT2D eigenvalue weighted by atomic mass is 10.0. The van der Waals surface area contributed by atoms with Gasteiger partial charge in [-0.25, -0.2) is 19.9 Å². The summed E-state index contributed by atoms with van der Waals surface area (Å²) < 4.78 is 0. The van der Waals surface area contributed by atoms with Gasteiger partial charge in [-0.1, -0.05) is 23.2 Å². The van der Waals surface area contributed by atoms with Crippen molar-refractivity contribution in [2.45, 2.75) is 6.92 Å². The van der Waals surface area contributed by atoms with Crippen LogP contribution in [0.25, 0.3) is 22.5 Å². The number of aromatic nitrogens is 5. The molecule has 153 valence electrons. The number of H-pyrrole nitrogens is 1. The van der Waals surface area contributed by atoms with Gasteiger partial charge in [-0.15, -0.1) is 0 Å². The Hall–Kier alpha value is -3.47. The number of rotatable bonds is 6. The number of hydrogen-bond donors (Lipinski definition) is 2. The SMILES string of the molecule is C[C](CNc1ccc(C#N)cn1)c1ncc(-c2cnc[nH]2)c(-c2ccc(Cl)cc2Cl)n1. The van der Waals surface area contributed by atoms with Crippen molar-refractivity contribution in [2.75, 3.05) is 11.9 Å². The first kappa shape index (κ1) is 20.8. The topological polar surface area (TPSA) is 103 Å². The highest BCUT2D eigenvalue weighted by Crippen LogP contribution is 2.35. The third-order valence-electron chi connectivity index (χ3n) is 4.57. The Morgan fingerprint density at radius 1 is 1.10 bits per heavy atom. The van der Waals surface area contributed by atoms with Crippen LogP contribution in [0.3, 0.4) is 0 Å². The molecule has 0 fully saturated rings. The van der Waals surface area contributed by atoms with Crippen LogP contribution in [0.4, 0.5) is 5.82 Å². The quantitative estimate of drug-likeness (QED) is 0.422. The molecule has 0 unspecified atom stereocenters. The van der Waals surface area contributed by atoms with Crippen molar-refractivity contribution in [1.82, 2.24) is 24.9 Å². The first-order valence-electron chi connectivity index (χ1n) is 9.29. The lowest BCUT2D eigenvalue weighted by Crippen LogP contribution is -2.14. The summed E-state index contributed by atoms with van der Waals surface area (Å²) in [5, 5.41) is 13.1. The monoisotopic (exact) mass is 448 g/mol. The van der Waals surface area contributed by atoms with Crippen LogP contribution in [0.2, 0.25) is 10.0 Å². The van der Waals surface area contributed by atoms with E-state index in [1.54, 1.807) is 43.0 Å². The molecule has 0 bridgehead atoms. The van der Waals surface area contributed by atoms with E-state index in [1.165, 1.54) is 6.20 Å². The molecule has 0 aliphatic carbocycles. The number of nitrogens with zero attached hydrogens (tertiary/aromatic N) is 5. The van der Waals surface area contributed by atoms with Crippen molar-refractivity contribution < 1.29 is 0 Å². The normalized spacial score (nSPS) is 10.8. The maximum atomic E-state index is 8.89. The number of hydrogen-bond acceptors (Lipinski definition) is 6. The van der Waals surface area contributed by atoms with Gasteiger partial charge in [-0.3, -0.25) is 0 Å². The van der Waals surface area contributed by atoms with Crippen molar-refractivity contribution >= 4 is 29.0 Å². The van der Waals surface area contributed by atoms with Gasteiger partial charge < -0.3 is 10.3 Å². The number of halogens is 2. The van der Waals surface area contributed by atoms with Crippen LogP contribution in [0.1, 0.15) is 18.3 Å². The molecule has 0 aliphatic rings. The Bertz CT molecular complexity index is 1230. The second kappa shape index (κ2) is 9.13. The van der Waals surface area contributed by atoms with Crippen LogP contribution >= 0.6 is 23.2 Å². The summed E-state index contributed by atoms with van der Waals surface area (Å²) in [4.78, 5) is 20.7. The predicted octanol–water partition coefficient (Wildman–Crippen LogP) is 5.16. The highest BCUT2D eigenvalue weighted by molar-refractivity contribution is 6.36. The van der Waals surface area contributed by atoms with Crippen molar-refractivity contribution in [3.05, 3.63) is 82.6 Å². The molecule has 0 spiro atoms. The Morgan fingerprint density at radius 3 is 2.65 bits per heavy atom. The highest BCUT2D eigenvalue weighted by atomic mass is 35.5. The fourth-order valence-corrected chi connectivity index (χ4v) is 3.44. The largest absolute Gasteiger partial charge is 0.369 e. The maximum absolute atomic E-state index is 8.89. The van der Waals surface area contributed by atoms with E-state index in [1.807, 2.05) is 19.1 Å². The molecular weight excluding hydrogens is 433 g/mol. The molecule has 4 rings (SSSR count). The van der Waals surface area contributed by atoms with Crippen molar-refractivity contribution in [3.8, 4) is 28.6 Å². The summed E-state index contributed by atoms with van der Waals surface area (Å²) in [7, 11) is 0. The van der Waals surface area contributed by atoms with E-state index < -0.39 is 0 Å². The molecule has 3 heterocycles. The number of anilines is 1. The number of nitriles is 1. The van der Waals surface area contributed by atoms with Gasteiger partial charge in [-0.05, 0) is 37.3 Å². The molecule has 0 aliphatic heterocycles. The van der Waals surface area contributed by atoms with Crippen LogP contribution in [0.15, 0.2) is 55.2 Å². The standard InChI is InChI=1S/C22H16Cl2N7/c1-13(8-27-20-5-2-14(7-25)9-28-20)22-29-10-17(19-11-26-12-30-19)21(31-22)16-4-3-15(23)6-18(16)24/h2-6,9-12H,8H2,1H3,(H,26,30)(H,27,28). The molecule has 31 heavy (non-hydrogen) atoms. The summed E-state index contributed by atoms with van der Waals surface area (Å²) in [5.74, 6) is 2.15. The maximum Gasteiger partial charge on any atom is 0.137 e. The van der Waals surface area contributed by atoms with Crippen molar-refractivity contribution in [3.63, 3.8) is 0 Å². The summed E-state index contributed by atoms with van der Waals surface area (Å²) in [6, 6.07) is 10.8. The van der Waals surface area contributed by atoms with Crippen LogP contribution < -0.4 is 5.32 Å². The second-order valence-electron chi connectivity index (χ2n) is 6.72. The molecule has 0 atom stereocenters. The summed E-state index contributed by atoms with van der Waals surface area (Å²) >= 11 is 12.5. The zero-order valence-corrected chi connectivity index (χ0v) is 17.9. The minimum atomic E-state index is 0.482. The van der Waals surface area contributed by atoms with E-state index in [0.29, 0.717) is 39.5 Å². The predicted molar refractivity (Wildman–Crippen MR) is 121 cm³/mol. The average Bonchev–Trinajstić information content (AvgIpc) is 3.32. The van der Waals surface area contributed by atoms with E-state index in [9.17, 15) is 0 Å². The first-order chi connectivity index (χ1) is 15.0. The molecule has 3 aromatic heterocycles. The van der Waals surface area contributed by atoms with Crippen LogP contribution in [0, 0.1) is 17.2 Å². The number of pyridine rings is 1. The van der Waals surface area contributed by atoms with Crippen LogP contribution in [-0.2, 0) is 0 Å². The van der Waals surface area contributed by atoms with E-state index in [-0.39, 0.29) is 0 Å². The minimum absolute atomic E-state index is 0.482. The van der Waals surface area contributed by atoms with Crippen LogP contribution in [0.5, 0.6) is 0 Å². The third kappa shape index (κ3) is 4.66. The summed E-state index contributed by atoms with van der Waals surface area (Å²) in [6.45, 7) is 2.42. The molecule has 1 aromatic carbocycles. The number of aromatic amines is 1. The highest BCUT2D eigenvalue weighted by Gasteiger charge is 2.18. The Labute approximate surface area is 189 Å². The Balaban J connectivity index is 1.64. The van der Waals surface area contributed by atoms with Crippen molar-refractivity contribution in [1.29, 1.82) is 5.26 Å². The van der Waals surface area contributed by atoms with Gasteiger partial charge in [0.05, 0.1) is 40.4 Å². The van der Waals surface area contributed by atoms with Gasteiger partial charge in [0.2, 0.25) is 0 Å². The lowest BCUT2D eigenvalue weighted by molar-refractivity contribution is 0.924. The van der Waals surface area contributed by atoms with Gasteiger partial charge in [0.25, 0.3) is 0 Å². The van der Waals surface area contributed by atoms with Gasteiger partial charge in [0.15, 0.2) is 0 Å². The first-order valence-corrected chi connectivity index (χ1v) is 10.0. The fraction of sp³-hybridized carbons (Fsp3) is 0.0909. The molecule has 9 heteroatoms. The van der Waals surface area contributed by atoms with E-state index in [2.05, 4.69) is 25.3 Å². The van der Waals surface area contributed by atoms with Crippen LogP contribution in [-0.4, -0.2) is 31.5 Å². The Morgan fingerprint density at radius 2 is 1.97 bits per heavy atom. The molecule has 4 aromatic rings. The molecule has 7 nitrogen and oxygen atoms in total. The second-order valence-corrected chi connectivity index (χ2v) is 7.57. The number of benzene rings is 1. The number of nitrogens with one attached hydrogen (secondary N) is 2. The fourth-order valence-electron chi connectivity index (χ4n) is 2.94. The molecule has 0 saturated heterocycles. The van der Waals surface area contributed by atoms with Gasteiger partial charge in [-0.2, -0.15) is 5.26 Å². The zero-order valence-electron chi connectivity index (χ0n) is 16.4. The summed E-state index contributed by atoms with van der Waals surface area (Å²) in [5.41, 5.74) is 3.49. The molecule has 0 saturated carbocycles. The molecule has 0 amide bonds. The van der Waals surface area contributed by atoms with E-state index in [0.717, 1.165) is 22.7 Å². The van der Waals surface area contributed by atoms with Gasteiger partial charge in [0, 0.05) is 35.1 Å². The van der Waals surface area contributed by atoms with Gasteiger partial charge >= 0.3 is 0 Å². The third-order valence-corrected chi connectivity index (χ3v) is 5.12. The van der Waals surface area contributed by atoms with Gasteiger partial charge in [0.1, 0.15) is 17.7 Å². The lowest BCUT2D eigenvalue weighted by Gasteiger charge is -2.15.